The van der Waals surface area contributed by atoms with Gasteiger partial charge in [0.1, 0.15) is 5.82 Å². The minimum atomic E-state index is -0.248. The van der Waals surface area contributed by atoms with Crippen molar-refractivity contribution in [3.63, 3.8) is 0 Å². The van der Waals surface area contributed by atoms with E-state index in [4.69, 9.17) is 9.72 Å². The normalized spacial score (nSPS) is 13.2. The fourth-order valence-electron chi connectivity index (χ4n) is 8.93. The van der Waals surface area contributed by atoms with Crippen LogP contribution in [0.3, 0.4) is 0 Å². The molecule has 0 radical (unpaired) electrons. The average molecular weight is 1060 g/mol. The van der Waals surface area contributed by atoms with Gasteiger partial charge in [0.15, 0.2) is 0 Å². The third kappa shape index (κ3) is 8.98. The number of benzene rings is 7. The first-order chi connectivity index (χ1) is 31.7. The molecule has 10 rings (SSSR count). The molecule has 338 valence electrons. The van der Waals surface area contributed by atoms with Crippen LogP contribution in [0.2, 0.25) is 0 Å². The Kier molecular flexibility index (Phi) is 12.1. The zero-order chi connectivity index (χ0) is 45.8. The number of hydrogen-bond donors (Lipinski definition) is 0. The summed E-state index contributed by atoms with van der Waals surface area (Å²) >= 11 is 0. The largest absolute Gasteiger partial charge is 0.509 e. The smallest absolute Gasteiger partial charge is 0.135 e. The number of hydrogen-bond acceptors (Lipinski definition) is 4. The molecule has 0 saturated heterocycles. The van der Waals surface area contributed by atoms with Gasteiger partial charge < -0.3 is 19.1 Å². The summed E-state index contributed by atoms with van der Waals surface area (Å²) in [5, 5.41) is 2.19. The molecular weight excluding hydrogens is 1000 g/mol. The minimum Gasteiger partial charge on any atom is -0.509 e. The van der Waals surface area contributed by atoms with E-state index in [0.29, 0.717) is 11.5 Å². The second kappa shape index (κ2) is 17.8. The Hall–Kier alpha value is -6.68. The van der Waals surface area contributed by atoms with Gasteiger partial charge in [-0.2, -0.15) is 12.1 Å². The summed E-state index contributed by atoms with van der Waals surface area (Å²) in [6.45, 7) is 20.4. The van der Waals surface area contributed by atoms with Crippen LogP contribution in [0.1, 0.15) is 83.2 Å². The quantitative estimate of drug-likeness (QED) is 0.135. The molecule has 0 amide bonds. The van der Waals surface area contributed by atoms with Crippen molar-refractivity contribution >= 4 is 38.9 Å². The molecule has 0 N–H and O–H groups in total. The van der Waals surface area contributed by atoms with Crippen molar-refractivity contribution in [2.45, 2.75) is 71.6 Å². The maximum atomic E-state index is 6.74. The number of rotatable bonds is 9. The van der Waals surface area contributed by atoms with Gasteiger partial charge >= 0.3 is 0 Å². The first kappa shape index (κ1) is 45.5. The molecule has 5 nitrogen and oxygen atoms in total. The van der Waals surface area contributed by atoms with E-state index < -0.39 is 0 Å². The van der Waals surface area contributed by atoms with E-state index in [1.807, 2.05) is 24.4 Å². The molecule has 9 aromatic rings. The topological polar surface area (TPSA) is 33.5 Å². The van der Waals surface area contributed by atoms with Crippen molar-refractivity contribution < 1.29 is 25.8 Å². The van der Waals surface area contributed by atoms with Crippen molar-refractivity contribution in [3.8, 4) is 28.4 Å². The maximum Gasteiger partial charge on any atom is 0.135 e. The van der Waals surface area contributed by atoms with Crippen LogP contribution in [-0.4, -0.2) is 9.55 Å². The van der Waals surface area contributed by atoms with Crippen LogP contribution in [0, 0.1) is 18.8 Å². The number of fused-ring (bicyclic) bond motifs is 3. The van der Waals surface area contributed by atoms with Crippen LogP contribution in [0.4, 0.5) is 11.4 Å². The molecule has 0 bridgehead atoms. The number of anilines is 2. The number of ether oxygens (including phenoxy) is 1. The van der Waals surface area contributed by atoms with Crippen molar-refractivity contribution in [2.75, 3.05) is 9.80 Å². The Morgan fingerprint density at radius 2 is 1.16 bits per heavy atom. The molecule has 1 aliphatic heterocycles. The van der Waals surface area contributed by atoms with E-state index in [0.717, 1.165) is 55.8 Å². The van der Waals surface area contributed by atoms with Gasteiger partial charge in [-0.05, 0) is 91.7 Å². The van der Waals surface area contributed by atoms with E-state index >= 15 is 0 Å². The van der Waals surface area contributed by atoms with Crippen molar-refractivity contribution in [3.05, 3.63) is 229 Å². The Morgan fingerprint density at radius 1 is 0.522 bits per heavy atom. The van der Waals surface area contributed by atoms with E-state index in [1.54, 1.807) is 0 Å². The zero-order valence-electron chi connectivity index (χ0n) is 39.4. The molecule has 0 saturated carbocycles. The molecular formula is C61H55N4OPt-3. The molecule has 0 atom stereocenters. The van der Waals surface area contributed by atoms with Crippen molar-refractivity contribution in [1.82, 2.24) is 9.55 Å². The Labute approximate surface area is 410 Å². The van der Waals surface area contributed by atoms with E-state index in [1.165, 1.54) is 27.8 Å². The van der Waals surface area contributed by atoms with Gasteiger partial charge in [0.05, 0.1) is 0 Å². The molecule has 0 aliphatic carbocycles. The molecule has 7 aromatic carbocycles. The minimum absolute atomic E-state index is 0. The van der Waals surface area contributed by atoms with E-state index in [9.17, 15) is 0 Å². The fourth-order valence-corrected chi connectivity index (χ4v) is 8.93. The van der Waals surface area contributed by atoms with Crippen LogP contribution in [0.15, 0.2) is 182 Å². The predicted octanol–water partition coefficient (Wildman–Crippen LogP) is 15.6. The van der Waals surface area contributed by atoms with Gasteiger partial charge in [-0.3, -0.25) is 0 Å². The summed E-state index contributed by atoms with van der Waals surface area (Å²) < 4.78 is 8.97. The first-order valence-corrected chi connectivity index (χ1v) is 22.9. The summed E-state index contributed by atoms with van der Waals surface area (Å²) in [5.41, 5.74) is 13.1. The molecule has 3 heterocycles. The predicted molar refractivity (Wildman–Crippen MR) is 274 cm³/mol. The van der Waals surface area contributed by atoms with E-state index in [-0.39, 0.29) is 37.3 Å². The number of aromatic nitrogens is 2. The van der Waals surface area contributed by atoms with Crippen LogP contribution in [-0.2, 0) is 37.3 Å². The maximum absolute atomic E-state index is 6.74. The standard InChI is InChI=1S/C61H55N4O.Pt/c1-59(2,3)47-34-48(60(4,5)6)36-50(35-47)63-40-57(43-21-14-10-15-22-43)64(41-63)49-25-18-26-51(38-49)66-52-28-29-53-54-33-44(42-19-12-9-13-20-42)27-30-55(54)65(56(53)39-52)58-37-46(31-32-62-58)61(7,8)45-23-16-11-17-24-45;/h9-37,40-41H,1-8H3;/q-3;. The van der Waals surface area contributed by atoms with Gasteiger partial charge in [-0.25, -0.2) is 4.98 Å². The third-order valence-corrected chi connectivity index (χ3v) is 13.0. The zero-order valence-corrected chi connectivity index (χ0v) is 41.7. The molecule has 67 heavy (non-hydrogen) atoms. The Morgan fingerprint density at radius 3 is 1.84 bits per heavy atom. The molecule has 0 unspecified atom stereocenters. The second-order valence-electron chi connectivity index (χ2n) is 20.0. The Balaban J connectivity index is 0.00000562. The second-order valence-corrected chi connectivity index (χ2v) is 20.0. The summed E-state index contributed by atoms with van der Waals surface area (Å²) in [5.74, 6) is 2.00. The summed E-state index contributed by atoms with van der Waals surface area (Å²) in [6.07, 6.45) is 4.14. The van der Waals surface area contributed by atoms with Gasteiger partial charge in [-0.1, -0.05) is 170 Å². The molecule has 2 aromatic heterocycles. The summed E-state index contributed by atoms with van der Waals surface area (Å²) in [6, 6.07) is 67.3. The van der Waals surface area contributed by atoms with Crippen LogP contribution in [0.25, 0.3) is 44.4 Å². The average Bonchev–Trinajstić information content (AvgIpc) is 3.92. The van der Waals surface area contributed by atoms with Gasteiger partial charge in [-0.15, -0.1) is 48.1 Å². The van der Waals surface area contributed by atoms with Gasteiger partial charge in [0.2, 0.25) is 0 Å². The van der Waals surface area contributed by atoms with Crippen molar-refractivity contribution in [1.29, 1.82) is 0 Å². The summed E-state index contributed by atoms with van der Waals surface area (Å²) in [7, 11) is 0. The first-order valence-electron chi connectivity index (χ1n) is 22.9. The van der Waals surface area contributed by atoms with Crippen LogP contribution < -0.4 is 14.5 Å². The van der Waals surface area contributed by atoms with E-state index in [2.05, 4.69) is 246 Å². The van der Waals surface area contributed by atoms with Gasteiger partial charge in [0.25, 0.3) is 0 Å². The van der Waals surface area contributed by atoms with Crippen LogP contribution in [0.5, 0.6) is 11.5 Å². The molecule has 1 aliphatic rings. The fraction of sp³-hybridized carbons (Fsp3) is 0.180. The third-order valence-electron chi connectivity index (χ3n) is 13.0. The Bertz CT molecular complexity index is 3220. The SMILES string of the molecule is CC(C)(C)c1cc(N2C=C(c3ccccc3)N(c3[c-]c(Oc4[c-]c5c(cc4)c4cc(-c6ccccc6)ccc4n5-c4cc(C(C)(C)c5ccccc5)ccn4)ccc3)[CH-]2)cc(C(C)(C)C)c1.[Pt]. The number of nitrogens with zero attached hydrogens (tertiary/aromatic N) is 4. The molecule has 0 spiro atoms. The molecule has 6 heteroatoms. The summed E-state index contributed by atoms with van der Waals surface area (Å²) in [4.78, 5) is 9.45. The monoisotopic (exact) mass is 1050 g/mol. The van der Waals surface area contributed by atoms with Crippen molar-refractivity contribution in [2.24, 2.45) is 0 Å². The van der Waals surface area contributed by atoms with Crippen LogP contribution >= 0.6 is 0 Å². The van der Waals surface area contributed by atoms with Gasteiger partial charge in [0, 0.05) is 61.1 Å². The number of pyridine rings is 1. The molecule has 0 fully saturated rings.